The first-order valence-electron chi connectivity index (χ1n) is 8.91. The monoisotopic (exact) mass is 389 g/mol. The van der Waals surface area contributed by atoms with Crippen molar-refractivity contribution in [3.05, 3.63) is 50.9 Å². The summed E-state index contributed by atoms with van der Waals surface area (Å²) in [7, 11) is 1.57. The van der Waals surface area contributed by atoms with E-state index in [4.69, 9.17) is 11.6 Å². The van der Waals surface area contributed by atoms with Gasteiger partial charge >= 0.3 is 0 Å². The second kappa shape index (κ2) is 8.10. The van der Waals surface area contributed by atoms with Crippen LogP contribution in [-0.2, 0) is 11.8 Å². The molecule has 27 heavy (non-hydrogen) atoms. The van der Waals surface area contributed by atoms with E-state index in [1.54, 1.807) is 13.2 Å². The van der Waals surface area contributed by atoms with Crippen molar-refractivity contribution in [2.24, 2.45) is 7.05 Å². The highest BCUT2D eigenvalue weighted by Gasteiger charge is 2.22. The number of amides is 1. The van der Waals surface area contributed by atoms with Crippen LogP contribution in [0.4, 0.5) is 11.4 Å². The van der Waals surface area contributed by atoms with Gasteiger partial charge in [0.15, 0.2) is 0 Å². The molecule has 1 amide bonds. The van der Waals surface area contributed by atoms with Gasteiger partial charge in [-0.3, -0.25) is 14.5 Å². The van der Waals surface area contributed by atoms with E-state index in [1.165, 1.54) is 4.68 Å². The van der Waals surface area contributed by atoms with Crippen molar-refractivity contribution in [1.82, 2.24) is 14.7 Å². The number of piperazine rings is 1. The minimum Gasteiger partial charge on any atom is -0.366 e. The van der Waals surface area contributed by atoms with Gasteiger partial charge in [0.05, 0.1) is 18.4 Å². The van der Waals surface area contributed by atoms with Crippen molar-refractivity contribution in [2.45, 2.75) is 13.8 Å². The zero-order valence-corrected chi connectivity index (χ0v) is 16.6. The fourth-order valence-electron chi connectivity index (χ4n) is 3.13. The summed E-state index contributed by atoms with van der Waals surface area (Å²) >= 11 is 6.18. The summed E-state index contributed by atoms with van der Waals surface area (Å²) in [6.07, 6.45) is 1.62. The molecule has 0 saturated carbocycles. The Hall–Kier alpha value is -2.38. The molecule has 2 aromatic rings. The van der Waals surface area contributed by atoms with Gasteiger partial charge in [-0.1, -0.05) is 23.7 Å². The number of carbonyl (C=O) groups excluding carboxylic acids is 1. The van der Waals surface area contributed by atoms with Crippen LogP contribution in [0.15, 0.2) is 29.2 Å². The van der Waals surface area contributed by atoms with Gasteiger partial charge < -0.3 is 10.2 Å². The lowest BCUT2D eigenvalue weighted by Gasteiger charge is -2.35. The molecule has 0 spiro atoms. The molecule has 144 valence electrons. The Labute approximate surface area is 163 Å². The van der Waals surface area contributed by atoms with Gasteiger partial charge in [-0.15, -0.1) is 0 Å². The maximum Gasteiger partial charge on any atom is 0.287 e. The number of carbonyl (C=O) groups is 1. The number of anilines is 2. The van der Waals surface area contributed by atoms with E-state index >= 15 is 0 Å². The summed E-state index contributed by atoms with van der Waals surface area (Å²) in [5.41, 5.74) is 3.37. The molecular formula is C19H24ClN5O2. The third kappa shape index (κ3) is 4.48. The third-order valence-corrected chi connectivity index (χ3v) is 5.16. The van der Waals surface area contributed by atoms with Gasteiger partial charge in [0.25, 0.3) is 5.56 Å². The second-order valence-electron chi connectivity index (χ2n) is 6.90. The van der Waals surface area contributed by atoms with Gasteiger partial charge in [0.2, 0.25) is 5.91 Å². The molecule has 0 unspecified atom stereocenters. The van der Waals surface area contributed by atoms with Crippen molar-refractivity contribution in [2.75, 3.05) is 42.9 Å². The summed E-state index contributed by atoms with van der Waals surface area (Å²) in [5, 5.41) is 7.23. The van der Waals surface area contributed by atoms with Crippen LogP contribution in [0.25, 0.3) is 0 Å². The molecule has 3 rings (SSSR count). The van der Waals surface area contributed by atoms with Crippen LogP contribution in [-0.4, -0.2) is 53.3 Å². The number of aryl methyl sites for hydroxylation is 3. The van der Waals surface area contributed by atoms with E-state index in [1.807, 2.05) is 36.9 Å². The first-order chi connectivity index (χ1) is 12.8. The Kier molecular flexibility index (Phi) is 5.82. The van der Waals surface area contributed by atoms with Crippen LogP contribution in [0.2, 0.25) is 5.02 Å². The number of aromatic nitrogens is 2. The Morgan fingerprint density at radius 2 is 1.93 bits per heavy atom. The fourth-order valence-corrected chi connectivity index (χ4v) is 3.42. The quantitative estimate of drug-likeness (QED) is 0.863. The molecule has 0 aliphatic carbocycles. The largest absolute Gasteiger partial charge is 0.366 e. The second-order valence-corrected chi connectivity index (χ2v) is 7.28. The van der Waals surface area contributed by atoms with E-state index in [0.29, 0.717) is 38.4 Å². The SMILES string of the molecule is Cc1ccc(C)c(NC(=O)CN2CCN(c3cnn(C)c(=O)c3Cl)CC2)c1. The first-order valence-corrected chi connectivity index (χ1v) is 9.29. The molecule has 1 aromatic carbocycles. The molecule has 8 heteroatoms. The zero-order valence-electron chi connectivity index (χ0n) is 15.8. The van der Waals surface area contributed by atoms with E-state index < -0.39 is 0 Å². The van der Waals surface area contributed by atoms with Gasteiger partial charge in [0, 0.05) is 38.9 Å². The van der Waals surface area contributed by atoms with Crippen LogP contribution in [0.1, 0.15) is 11.1 Å². The Bertz CT molecular complexity index is 903. The average Bonchev–Trinajstić information content (AvgIpc) is 2.64. The number of nitrogens with zero attached hydrogens (tertiary/aromatic N) is 4. The number of nitrogens with one attached hydrogen (secondary N) is 1. The van der Waals surface area contributed by atoms with Crippen molar-refractivity contribution < 1.29 is 4.79 Å². The molecule has 1 aromatic heterocycles. The van der Waals surface area contributed by atoms with Gasteiger partial charge in [-0.05, 0) is 31.0 Å². The summed E-state index contributed by atoms with van der Waals surface area (Å²) in [6.45, 7) is 7.12. The molecule has 1 aliphatic rings. The predicted octanol–water partition coefficient (Wildman–Crippen LogP) is 1.81. The fraction of sp³-hybridized carbons (Fsp3) is 0.421. The van der Waals surface area contributed by atoms with E-state index in [0.717, 1.165) is 16.8 Å². The van der Waals surface area contributed by atoms with Crippen LogP contribution < -0.4 is 15.8 Å². The smallest absolute Gasteiger partial charge is 0.287 e. The number of halogens is 1. The Balaban J connectivity index is 1.57. The molecule has 0 bridgehead atoms. The molecule has 1 N–H and O–H groups in total. The molecule has 2 heterocycles. The summed E-state index contributed by atoms with van der Waals surface area (Å²) in [5.74, 6) is -0.0228. The lowest BCUT2D eigenvalue weighted by atomic mass is 10.1. The topological polar surface area (TPSA) is 70.5 Å². The molecule has 1 saturated heterocycles. The third-order valence-electron chi connectivity index (χ3n) is 4.81. The number of hydrogen-bond donors (Lipinski definition) is 1. The highest BCUT2D eigenvalue weighted by molar-refractivity contribution is 6.33. The van der Waals surface area contributed by atoms with Gasteiger partial charge in [-0.2, -0.15) is 5.10 Å². The minimum atomic E-state index is -0.301. The summed E-state index contributed by atoms with van der Waals surface area (Å²) < 4.78 is 1.22. The Morgan fingerprint density at radius 3 is 2.63 bits per heavy atom. The van der Waals surface area contributed by atoms with Crippen molar-refractivity contribution in [3.8, 4) is 0 Å². The number of rotatable bonds is 4. The predicted molar refractivity (Wildman–Crippen MR) is 108 cm³/mol. The zero-order chi connectivity index (χ0) is 19.6. The molecule has 7 nitrogen and oxygen atoms in total. The van der Waals surface area contributed by atoms with Gasteiger partial charge in [-0.25, -0.2) is 4.68 Å². The van der Waals surface area contributed by atoms with E-state index in [2.05, 4.69) is 15.3 Å². The van der Waals surface area contributed by atoms with Crippen molar-refractivity contribution in [1.29, 1.82) is 0 Å². The van der Waals surface area contributed by atoms with Crippen molar-refractivity contribution in [3.63, 3.8) is 0 Å². The van der Waals surface area contributed by atoms with E-state index in [9.17, 15) is 9.59 Å². The molecule has 1 aliphatic heterocycles. The first kappa shape index (κ1) is 19.4. The minimum absolute atomic E-state index is 0.0228. The maximum absolute atomic E-state index is 12.4. The van der Waals surface area contributed by atoms with Gasteiger partial charge in [0.1, 0.15) is 5.02 Å². The van der Waals surface area contributed by atoms with E-state index in [-0.39, 0.29) is 16.5 Å². The lowest BCUT2D eigenvalue weighted by Crippen LogP contribution is -2.49. The standard InChI is InChI=1S/C19H24ClN5O2/c1-13-4-5-14(2)15(10-13)22-17(26)12-24-6-8-25(9-7-24)16-11-21-23(3)19(27)18(16)20/h4-5,10-11H,6-9,12H2,1-3H3,(H,22,26). The van der Waals surface area contributed by atoms with Crippen LogP contribution in [0.5, 0.6) is 0 Å². The lowest BCUT2D eigenvalue weighted by molar-refractivity contribution is -0.117. The van der Waals surface area contributed by atoms with Crippen LogP contribution >= 0.6 is 11.6 Å². The molecule has 0 atom stereocenters. The van der Waals surface area contributed by atoms with Crippen LogP contribution in [0, 0.1) is 13.8 Å². The average molecular weight is 390 g/mol. The summed E-state index contributed by atoms with van der Waals surface area (Å²) in [6, 6.07) is 6.02. The summed E-state index contributed by atoms with van der Waals surface area (Å²) in [4.78, 5) is 28.5. The molecule has 1 fully saturated rings. The highest BCUT2D eigenvalue weighted by atomic mass is 35.5. The highest BCUT2D eigenvalue weighted by Crippen LogP contribution is 2.22. The van der Waals surface area contributed by atoms with Crippen molar-refractivity contribution >= 4 is 28.9 Å². The Morgan fingerprint density at radius 1 is 1.22 bits per heavy atom. The molecule has 0 radical (unpaired) electrons. The normalized spacial score (nSPS) is 15.0. The van der Waals surface area contributed by atoms with Crippen LogP contribution in [0.3, 0.4) is 0 Å². The number of benzene rings is 1. The number of hydrogen-bond acceptors (Lipinski definition) is 5. The maximum atomic E-state index is 12.4. The molecular weight excluding hydrogens is 366 g/mol.